The highest BCUT2D eigenvalue weighted by atomic mass is 16.6. The SMILES string of the molecule is Cc1ccc(CCC(=O)NCCCCn2cc([N+](=O)[O-])ccc2=O)cc1. The van der Waals surface area contributed by atoms with Gasteiger partial charge in [-0.25, -0.2) is 0 Å². The molecule has 1 heterocycles. The second kappa shape index (κ2) is 9.50. The summed E-state index contributed by atoms with van der Waals surface area (Å²) < 4.78 is 1.33. The van der Waals surface area contributed by atoms with E-state index < -0.39 is 4.92 Å². The van der Waals surface area contributed by atoms with Crippen molar-refractivity contribution in [1.82, 2.24) is 9.88 Å². The minimum Gasteiger partial charge on any atom is -0.356 e. The zero-order chi connectivity index (χ0) is 18.9. The lowest BCUT2D eigenvalue weighted by Gasteiger charge is -2.07. The second-order valence-electron chi connectivity index (χ2n) is 6.22. The van der Waals surface area contributed by atoms with Gasteiger partial charge in [0, 0.05) is 31.6 Å². The summed E-state index contributed by atoms with van der Waals surface area (Å²) in [6.07, 6.45) is 3.75. The van der Waals surface area contributed by atoms with E-state index in [-0.39, 0.29) is 17.2 Å². The van der Waals surface area contributed by atoms with Crippen LogP contribution in [-0.2, 0) is 17.8 Å². The number of amides is 1. The third kappa shape index (κ3) is 6.16. The molecule has 1 aromatic carbocycles. The molecule has 7 nitrogen and oxygen atoms in total. The number of aryl methyl sites for hydroxylation is 3. The van der Waals surface area contributed by atoms with Crippen LogP contribution in [0.3, 0.4) is 0 Å². The van der Waals surface area contributed by atoms with Crippen LogP contribution >= 0.6 is 0 Å². The number of hydrogen-bond acceptors (Lipinski definition) is 4. The zero-order valence-electron chi connectivity index (χ0n) is 14.8. The number of nitrogens with one attached hydrogen (secondary N) is 1. The van der Waals surface area contributed by atoms with Crippen molar-refractivity contribution in [3.8, 4) is 0 Å². The summed E-state index contributed by atoms with van der Waals surface area (Å²) in [5.41, 5.74) is 1.96. The maximum absolute atomic E-state index is 11.8. The van der Waals surface area contributed by atoms with E-state index in [2.05, 4.69) is 5.32 Å². The first-order valence-corrected chi connectivity index (χ1v) is 8.63. The molecule has 0 saturated heterocycles. The van der Waals surface area contributed by atoms with E-state index in [1.165, 1.54) is 28.5 Å². The number of rotatable bonds is 9. The number of benzene rings is 1. The normalized spacial score (nSPS) is 10.5. The summed E-state index contributed by atoms with van der Waals surface area (Å²) in [7, 11) is 0. The van der Waals surface area contributed by atoms with Crippen molar-refractivity contribution in [2.75, 3.05) is 6.54 Å². The van der Waals surface area contributed by atoms with Crippen LogP contribution in [0.2, 0.25) is 0 Å². The van der Waals surface area contributed by atoms with Gasteiger partial charge in [0.25, 0.3) is 11.2 Å². The van der Waals surface area contributed by atoms with Crippen LogP contribution in [0.1, 0.15) is 30.4 Å². The van der Waals surface area contributed by atoms with Crippen molar-refractivity contribution < 1.29 is 9.72 Å². The molecule has 0 aliphatic carbocycles. The van der Waals surface area contributed by atoms with Gasteiger partial charge in [0.05, 0.1) is 11.1 Å². The maximum Gasteiger partial charge on any atom is 0.285 e. The van der Waals surface area contributed by atoms with Gasteiger partial charge in [0.2, 0.25) is 5.91 Å². The first-order valence-electron chi connectivity index (χ1n) is 8.63. The van der Waals surface area contributed by atoms with E-state index in [1.807, 2.05) is 31.2 Å². The number of unbranched alkanes of at least 4 members (excludes halogenated alkanes) is 1. The fourth-order valence-electron chi connectivity index (χ4n) is 2.54. The first-order chi connectivity index (χ1) is 12.5. The number of nitro groups is 1. The van der Waals surface area contributed by atoms with Crippen LogP contribution in [0.5, 0.6) is 0 Å². The quantitative estimate of drug-likeness (QED) is 0.424. The first kappa shape index (κ1) is 19.4. The van der Waals surface area contributed by atoms with Crippen LogP contribution in [0, 0.1) is 17.0 Å². The molecule has 0 spiro atoms. The molecule has 0 aliphatic rings. The van der Waals surface area contributed by atoms with Crippen LogP contribution in [0.25, 0.3) is 0 Å². The van der Waals surface area contributed by atoms with Crippen molar-refractivity contribution in [3.05, 3.63) is 74.2 Å². The van der Waals surface area contributed by atoms with E-state index in [4.69, 9.17) is 0 Å². The third-order valence-corrected chi connectivity index (χ3v) is 4.09. The van der Waals surface area contributed by atoms with Gasteiger partial charge in [-0.3, -0.25) is 19.7 Å². The molecule has 7 heteroatoms. The Kier molecular flexibility index (Phi) is 7.08. The Hall–Kier alpha value is -2.96. The van der Waals surface area contributed by atoms with Crippen molar-refractivity contribution >= 4 is 11.6 Å². The minimum atomic E-state index is -0.524. The van der Waals surface area contributed by atoms with E-state index in [9.17, 15) is 19.7 Å². The van der Waals surface area contributed by atoms with Gasteiger partial charge in [-0.05, 0) is 31.7 Å². The summed E-state index contributed by atoms with van der Waals surface area (Å²) in [5.74, 6) is -0.00177. The number of hydrogen-bond donors (Lipinski definition) is 1. The third-order valence-electron chi connectivity index (χ3n) is 4.09. The number of nitrogens with zero attached hydrogens (tertiary/aromatic N) is 2. The fourth-order valence-corrected chi connectivity index (χ4v) is 2.54. The Morgan fingerprint density at radius 3 is 2.58 bits per heavy atom. The van der Waals surface area contributed by atoms with Gasteiger partial charge in [0.15, 0.2) is 0 Å². The summed E-state index contributed by atoms with van der Waals surface area (Å²) in [4.78, 5) is 33.7. The van der Waals surface area contributed by atoms with Gasteiger partial charge < -0.3 is 9.88 Å². The number of carbonyl (C=O) groups excluding carboxylic acids is 1. The lowest BCUT2D eigenvalue weighted by Crippen LogP contribution is -2.25. The van der Waals surface area contributed by atoms with Crippen molar-refractivity contribution in [2.24, 2.45) is 0 Å². The molecule has 1 amide bonds. The standard InChI is InChI=1S/C19H23N3O4/c1-15-4-6-16(7-5-15)8-10-18(23)20-12-2-3-13-21-14-17(22(25)26)9-11-19(21)24/h4-7,9,11,14H,2-3,8,10,12-13H2,1H3,(H,20,23). The van der Waals surface area contributed by atoms with Crippen LogP contribution in [-0.4, -0.2) is 21.9 Å². The van der Waals surface area contributed by atoms with Crippen LogP contribution < -0.4 is 10.9 Å². The van der Waals surface area contributed by atoms with E-state index >= 15 is 0 Å². The second-order valence-corrected chi connectivity index (χ2v) is 6.22. The topological polar surface area (TPSA) is 94.2 Å². The number of carbonyl (C=O) groups is 1. The molecule has 2 aromatic rings. The fraction of sp³-hybridized carbons (Fsp3) is 0.368. The molecule has 1 aromatic heterocycles. The Balaban J connectivity index is 1.66. The molecule has 2 rings (SSSR count). The molecule has 0 fully saturated rings. The van der Waals surface area contributed by atoms with Crippen LogP contribution in [0.15, 0.2) is 47.4 Å². The van der Waals surface area contributed by atoms with Crippen molar-refractivity contribution in [3.63, 3.8) is 0 Å². The van der Waals surface area contributed by atoms with Crippen molar-refractivity contribution in [1.29, 1.82) is 0 Å². The van der Waals surface area contributed by atoms with Gasteiger partial charge in [-0.1, -0.05) is 29.8 Å². The molecule has 0 bridgehead atoms. The predicted octanol–water partition coefficient (Wildman–Crippen LogP) is 2.59. The Morgan fingerprint density at radius 2 is 1.88 bits per heavy atom. The largest absolute Gasteiger partial charge is 0.356 e. The average Bonchev–Trinajstić information content (AvgIpc) is 2.62. The Labute approximate surface area is 151 Å². The molecule has 0 unspecified atom stereocenters. The van der Waals surface area contributed by atoms with E-state index in [0.717, 1.165) is 5.56 Å². The molecule has 0 atom stereocenters. The monoisotopic (exact) mass is 357 g/mol. The zero-order valence-corrected chi connectivity index (χ0v) is 14.8. The molecular formula is C19H23N3O4. The average molecular weight is 357 g/mol. The Bertz CT molecular complexity index is 812. The summed E-state index contributed by atoms with van der Waals surface area (Å²) in [6, 6.07) is 10.5. The summed E-state index contributed by atoms with van der Waals surface area (Å²) in [5, 5.41) is 13.6. The molecule has 26 heavy (non-hydrogen) atoms. The van der Waals surface area contributed by atoms with Gasteiger partial charge in [0.1, 0.15) is 0 Å². The lowest BCUT2D eigenvalue weighted by molar-refractivity contribution is -0.385. The highest BCUT2D eigenvalue weighted by Crippen LogP contribution is 2.07. The highest BCUT2D eigenvalue weighted by molar-refractivity contribution is 5.76. The highest BCUT2D eigenvalue weighted by Gasteiger charge is 2.07. The molecule has 0 saturated carbocycles. The van der Waals surface area contributed by atoms with Gasteiger partial charge in [-0.15, -0.1) is 0 Å². The Morgan fingerprint density at radius 1 is 1.15 bits per heavy atom. The van der Waals surface area contributed by atoms with E-state index in [0.29, 0.717) is 38.8 Å². The summed E-state index contributed by atoms with van der Waals surface area (Å²) >= 11 is 0. The van der Waals surface area contributed by atoms with Gasteiger partial charge in [-0.2, -0.15) is 0 Å². The van der Waals surface area contributed by atoms with Crippen LogP contribution in [0.4, 0.5) is 5.69 Å². The maximum atomic E-state index is 11.8. The molecule has 138 valence electrons. The number of aromatic nitrogens is 1. The smallest absolute Gasteiger partial charge is 0.285 e. The molecular weight excluding hydrogens is 334 g/mol. The number of pyridine rings is 1. The predicted molar refractivity (Wildman–Crippen MR) is 99.1 cm³/mol. The van der Waals surface area contributed by atoms with E-state index in [1.54, 1.807) is 0 Å². The van der Waals surface area contributed by atoms with Gasteiger partial charge >= 0.3 is 0 Å². The minimum absolute atomic E-state index is 0.00177. The lowest BCUT2D eigenvalue weighted by atomic mass is 10.1. The summed E-state index contributed by atoms with van der Waals surface area (Å²) in [6.45, 7) is 2.94. The van der Waals surface area contributed by atoms with Crippen molar-refractivity contribution in [2.45, 2.75) is 39.2 Å². The molecule has 1 N–H and O–H groups in total. The molecule has 0 radical (unpaired) electrons. The molecule has 0 aliphatic heterocycles.